The molecule has 0 spiro atoms. The van der Waals surface area contributed by atoms with E-state index in [2.05, 4.69) is 84.9 Å². The van der Waals surface area contributed by atoms with Gasteiger partial charge in [-0.2, -0.15) is 0 Å². The summed E-state index contributed by atoms with van der Waals surface area (Å²) in [4.78, 5) is 0. The lowest BCUT2D eigenvalue weighted by Crippen LogP contribution is -2.23. The summed E-state index contributed by atoms with van der Waals surface area (Å²) in [7, 11) is 1.20. The average Bonchev–Trinajstić information content (AvgIpc) is 2.59. The first-order chi connectivity index (χ1) is 10.9. The molecule has 0 aromatic heterocycles. The first-order valence-electron chi connectivity index (χ1n) is 7.37. The molecule has 0 radical (unpaired) electrons. The van der Waals surface area contributed by atoms with Crippen LogP contribution in [0.5, 0.6) is 0 Å². The molecule has 0 N–H and O–H groups in total. The van der Waals surface area contributed by atoms with E-state index in [1.807, 2.05) is 0 Å². The van der Waals surface area contributed by atoms with Gasteiger partial charge in [-0.15, -0.1) is 24.0 Å². The van der Waals surface area contributed by atoms with Gasteiger partial charge >= 0.3 is 0 Å². The van der Waals surface area contributed by atoms with Crippen LogP contribution in [0.25, 0.3) is 0 Å². The van der Waals surface area contributed by atoms with Crippen LogP contribution in [0.15, 0.2) is 84.9 Å². The number of hydrogen-bond acceptors (Lipinski definition) is 1. The van der Waals surface area contributed by atoms with Crippen molar-refractivity contribution in [3.05, 3.63) is 90.5 Å². The van der Waals surface area contributed by atoms with Gasteiger partial charge in [-0.1, -0.05) is 84.9 Å². The van der Waals surface area contributed by atoms with E-state index < -0.39 is 7.92 Å². The average molecular weight is 434 g/mol. The molecule has 0 heterocycles. The van der Waals surface area contributed by atoms with E-state index >= 15 is 0 Å². The van der Waals surface area contributed by atoms with Crippen LogP contribution in [0.1, 0.15) is 5.56 Å². The maximum Gasteiger partial charge on any atom is 0.0719 e. The van der Waals surface area contributed by atoms with Crippen LogP contribution in [0.4, 0.5) is 0 Å². The molecule has 0 aliphatic carbocycles. The molecule has 1 nitrogen and oxygen atoms in total. The van der Waals surface area contributed by atoms with Crippen LogP contribution < -0.4 is 15.9 Å². The summed E-state index contributed by atoms with van der Waals surface area (Å²) in [5.41, 5.74) is 1.27. The zero-order valence-corrected chi connectivity index (χ0v) is 16.3. The zero-order chi connectivity index (χ0) is 15.2. The van der Waals surface area contributed by atoms with Crippen LogP contribution in [-0.4, -0.2) is 7.11 Å². The lowest BCUT2D eigenvalue weighted by atomic mass is 10.2. The van der Waals surface area contributed by atoms with Gasteiger partial charge in [-0.05, 0) is 29.4 Å². The quantitative estimate of drug-likeness (QED) is 0.432. The number of methoxy groups -OCH3 is 1. The monoisotopic (exact) mass is 434 g/mol. The predicted octanol–water partition coefficient (Wildman–Crippen LogP) is 4.21. The predicted molar refractivity (Wildman–Crippen MR) is 111 cm³/mol. The minimum atomic E-state index is -0.558. The smallest absolute Gasteiger partial charge is 0.0719 e. The number of ether oxygens (including phenoxy) is 1. The molecule has 0 aliphatic rings. The number of rotatable bonds is 5. The second-order valence-electron chi connectivity index (χ2n) is 5.07. The Morgan fingerprint density at radius 3 is 1.70 bits per heavy atom. The molecule has 0 amide bonds. The summed E-state index contributed by atoms with van der Waals surface area (Å²) in [5, 5.41) is 4.11. The fourth-order valence-corrected chi connectivity index (χ4v) is 5.04. The second-order valence-corrected chi connectivity index (χ2v) is 7.25. The summed E-state index contributed by atoms with van der Waals surface area (Å²) in [5.74, 6) is 0. The van der Waals surface area contributed by atoms with Crippen molar-refractivity contribution in [3.8, 4) is 0 Å². The van der Waals surface area contributed by atoms with Crippen LogP contribution in [0.2, 0.25) is 0 Å². The van der Waals surface area contributed by atoms with Crippen molar-refractivity contribution in [2.24, 2.45) is 0 Å². The van der Waals surface area contributed by atoms with E-state index in [1.165, 1.54) is 21.5 Å². The third-order valence-corrected chi connectivity index (χ3v) is 6.11. The lowest BCUT2D eigenvalue weighted by Gasteiger charge is -2.22. The number of halogens is 1. The molecule has 3 rings (SSSR count). The molecular weight excluding hydrogens is 414 g/mol. The summed E-state index contributed by atoms with van der Waals surface area (Å²) in [6.45, 7) is 0.647. The molecule has 0 unspecified atom stereocenters. The summed E-state index contributed by atoms with van der Waals surface area (Å²) in [6, 6.07) is 30.1. The molecule has 118 valence electrons. The van der Waals surface area contributed by atoms with Gasteiger partial charge in [0.05, 0.1) is 6.61 Å². The molecule has 3 aromatic carbocycles. The highest BCUT2D eigenvalue weighted by molar-refractivity contribution is 14.0. The second kappa shape index (κ2) is 9.17. The van der Waals surface area contributed by atoms with Gasteiger partial charge in [0.15, 0.2) is 0 Å². The summed E-state index contributed by atoms with van der Waals surface area (Å²) in [6.07, 6.45) is 0. The number of benzene rings is 3. The van der Waals surface area contributed by atoms with Gasteiger partial charge in [0.2, 0.25) is 0 Å². The van der Waals surface area contributed by atoms with Crippen molar-refractivity contribution in [3.63, 3.8) is 0 Å². The maximum absolute atomic E-state index is 5.40. The minimum Gasteiger partial charge on any atom is -0.380 e. The third kappa shape index (κ3) is 4.41. The standard InChI is InChI=1S/C20H19OP.HI/c1-21-16-17-10-8-9-15-20(17)22(18-11-4-2-5-12-18)19-13-6-3-7-14-19;/h2-15H,16H2,1H3;1H. The Morgan fingerprint density at radius 2 is 1.17 bits per heavy atom. The van der Waals surface area contributed by atoms with Crippen molar-refractivity contribution in [2.45, 2.75) is 6.61 Å². The van der Waals surface area contributed by atoms with Crippen molar-refractivity contribution in [1.82, 2.24) is 0 Å². The molecule has 0 atom stereocenters. The highest BCUT2D eigenvalue weighted by atomic mass is 127. The molecule has 3 heteroatoms. The molecule has 0 bridgehead atoms. The number of hydrogen-bond donors (Lipinski definition) is 0. The molecule has 23 heavy (non-hydrogen) atoms. The molecule has 0 fully saturated rings. The maximum atomic E-state index is 5.40. The molecular formula is C20H20IOP. The first kappa shape index (κ1) is 18.1. The van der Waals surface area contributed by atoms with Gasteiger partial charge in [-0.25, -0.2) is 0 Å². The molecule has 0 aliphatic heterocycles. The van der Waals surface area contributed by atoms with E-state index in [-0.39, 0.29) is 24.0 Å². The normalized spacial score (nSPS) is 10.3. The zero-order valence-electron chi connectivity index (χ0n) is 13.1. The van der Waals surface area contributed by atoms with Crippen molar-refractivity contribution < 1.29 is 4.74 Å². The van der Waals surface area contributed by atoms with Crippen molar-refractivity contribution in [2.75, 3.05) is 7.11 Å². The van der Waals surface area contributed by atoms with E-state index in [0.717, 1.165) is 0 Å². The highest BCUT2D eigenvalue weighted by Gasteiger charge is 2.18. The topological polar surface area (TPSA) is 9.23 Å². The van der Waals surface area contributed by atoms with Crippen LogP contribution in [0, 0.1) is 0 Å². The van der Waals surface area contributed by atoms with Gasteiger partial charge in [-0.3, -0.25) is 0 Å². The largest absolute Gasteiger partial charge is 0.380 e. The van der Waals surface area contributed by atoms with Crippen LogP contribution in [0.3, 0.4) is 0 Å². The molecule has 0 saturated carbocycles. The Balaban J connectivity index is 0.00000192. The van der Waals surface area contributed by atoms with Crippen LogP contribution >= 0.6 is 31.9 Å². The molecule has 3 aromatic rings. The van der Waals surface area contributed by atoms with Crippen molar-refractivity contribution >= 4 is 47.8 Å². The summed E-state index contributed by atoms with van der Waals surface area (Å²) >= 11 is 0. The van der Waals surface area contributed by atoms with Gasteiger partial charge in [0.25, 0.3) is 0 Å². The van der Waals surface area contributed by atoms with E-state index in [4.69, 9.17) is 4.74 Å². The van der Waals surface area contributed by atoms with E-state index in [0.29, 0.717) is 6.61 Å². The Labute approximate surface area is 156 Å². The van der Waals surface area contributed by atoms with Crippen molar-refractivity contribution in [1.29, 1.82) is 0 Å². The van der Waals surface area contributed by atoms with Crippen LogP contribution in [-0.2, 0) is 11.3 Å². The Kier molecular flexibility index (Phi) is 7.22. The fourth-order valence-electron chi connectivity index (χ4n) is 2.59. The minimum absolute atomic E-state index is 0. The van der Waals surface area contributed by atoms with Gasteiger partial charge in [0.1, 0.15) is 0 Å². The van der Waals surface area contributed by atoms with E-state index in [9.17, 15) is 0 Å². The van der Waals surface area contributed by atoms with Gasteiger partial charge < -0.3 is 4.74 Å². The summed E-state index contributed by atoms with van der Waals surface area (Å²) < 4.78 is 5.40. The lowest BCUT2D eigenvalue weighted by molar-refractivity contribution is 0.185. The van der Waals surface area contributed by atoms with Gasteiger partial charge in [0, 0.05) is 7.11 Å². The third-order valence-electron chi connectivity index (χ3n) is 3.56. The first-order valence-corrected chi connectivity index (χ1v) is 8.71. The highest BCUT2D eigenvalue weighted by Crippen LogP contribution is 2.34. The Morgan fingerprint density at radius 1 is 0.696 bits per heavy atom. The Hall–Kier alpha value is -1.22. The van der Waals surface area contributed by atoms with E-state index in [1.54, 1.807) is 7.11 Å². The molecule has 0 saturated heterocycles. The Bertz CT molecular complexity index is 676. The SMILES string of the molecule is COCc1ccccc1P(c1ccccc1)c1ccccc1.I. The fraction of sp³-hybridized carbons (Fsp3) is 0.100.